The van der Waals surface area contributed by atoms with Crippen molar-refractivity contribution < 1.29 is 9.66 Å². The Bertz CT molecular complexity index is 668. The topological polar surface area (TPSA) is 52.4 Å². The molecule has 0 heterocycles. The lowest BCUT2D eigenvalue weighted by molar-refractivity contribution is -0.384. The molecule has 0 aliphatic carbocycles. The highest BCUT2D eigenvalue weighted by Gasteiger charge is 2.03. The first-order chi connectivity index (χ1) is 9.19. The van der Waals surface area contributed by atoms with E-state index in [9.17, 15) is 10.1 Å². The molecule has 0 fully saturated rings. The summed E-state index contributed by atoms with van der Waals surface area (Å²) in [7, 11) is 1.59. The van der Waals surface area contributed by atoms with E-state index >= 15 is 0 Å². The molecular formula is C15H11NO3. The molecule has 4 heteroatoms. The maximum absolute atomic E-state index is 10.7. The van der Waals surface area contributed by atoms with Crippen molar-refractivity contribution in [2.45, 2.75) is 0 Å². The van der Waals surface area contributed by atoms with Gasteiger partial charge >= 0.3 is 0 Å². The Kier molecular flexibility index (Phi) is 3.79. The molecule has 0 saturated heterocycles. The van der Waals surface area contributed by atoms with Crippen LogP contribution in [0.15, 0.2) is 48.5 Å². The molecule has 0 saturated carbocycles. The van der Waals surface area contributed by atoms with Crippen LogP contribution < -0.4 is 4.74 Å². The van der Waals surface area contributed by atoms with Gasteiger partial charge < -0.3 is 4.74 Å². The number of rotatable bonds is 2. The molecule has 0 atom stereocenters. The maximum atomic E-state index is 10.7. The fourth-order valence-corrected chi connectivity index (χ4v) is 1.54. The predicted octanol–water partition coefficient (Wildman–Crippen LogP) is 3.00. The van der Waals surface area contributed by atoms with Crippen LogP contribution in [0.2, 0.25) is 0 Å². The summed E-state index contributed by atoms with van der Waals surface area (Å²) in [6.07, 6.45) is 0. The summed E-state index contributed by atoms with van der Waals surface area (Å²) in [5, 5.41) is 10.7. The van der Waals surface area contributed by atoms with Gasteiger partial charge in [-0.1, -0.05) is 24.0 Å². The number of hydrogen-bond acceptors (Lipinski definition) is 3. The lowest BCUT2D eigenvalue weighted by Crippen LogP contribution is -1.87. The summed E-state index contributed by atoms with van der Waals surface area (Å²) in [4.78, 5) is 10.2. The maximum Gasteiger partial charge on any atom is 0.270 e. The first-order valence-corrected chi connectivity index (χ1v) is 5.59. The molecule has 0 spiro atoms. The lowest BCUT2D eigenvalue weighted by Gasteiger charge is -1.98. The van der Waals surface area contributed by atoms with Crippen molar-refractivity contribution in [2.24, 2.45) is 0 Å². The monoisotopic (exact) mass is 253 g/mol. The van der Waals surface area contributed by atoms with Gasteiger partial charge in [-0.2, -0.15) is 0 Å². The van der Waals surface area contributed by atoms with Crippen LogP contribution in [-0.2, 0) is 0 Å². The summed E-state index contributed by atoms with van der Waals surface area (Å²) in [5.41, 5.74) is 1.44. The molecule has 2 aromatic rings. The fourth-order valence-electron chi connectivity index (χ4n) is 1.54. The average Bonchev–Trinajstić information content (AvgIpc) is 2.45. The molecule has 94 valence electrons. The van der Waals surface area contributed by atoms with Gasteiger partial charge in [0.1, 0.15) is 5.75 Å². The van der Waals surface area contributed by atoms with Crippen molar-refractivity contribution >= 4 is 5.69 Å². The van der Waals surface area contributed by atoms with E-state index in [4.69, 9.17) is 4.74 Å². The molecule has 0 N–H and O–H groups in total. The predicted molar refractivity (Wildman–Crippen MR) is 72.1 cm³/mol. The molecule has 2 aromatic carbocycles. The Balaban J connectivity index is 2.28. The number of nitro benzene ring substituents is 1. The van der Waals surface area contributed by atoms with Gasteiger partial charge in [-0.05, 0) is 24.3 Å². The lowest BCUT2D eigenvalue weighted by atomic mass is 10.1. The zero-order chi connectivity index (χ0) is 13.7. The molecule has 0 bridgehead atoms. The highest BCUT2D eigenvalue weighted by molar-refractivity contribution is 5.48. The molecule has 19 heavy (non-hydrogen) atoms. The SMILES string of the molecule is COc1cccc(C#Cc2cccc([N+](=O)[O-])c2)c1. The van der Waals surface area contributed by atoms with Crippen LogP contribution >= 0.6 is 0 Å². The van der Waals surface area contributed by atoms with E-state index in [-0.39, 0.29) is 5.69 Å². The number of benzene rings is 2. The minimum Gasteiger partial charge on any atom is -0.497 e. The third kappa shape index (κ3) is 3.33. The molecule has 0 unspecified atom stereocenters. The molecule has 0 amide bonds. The number of non-ortho nitro benzene ring substituents is 1. The summed E-state index contributed by atoms with van der Waals surface area (Å²) in [6, 6.07) is 13.6. The van der Waals surface area contributed by atoms with E-state index in [2.05, 4.69) is 11.8 Å². The number of nitrogens with zero attached hydrogens (tertiary/aromatic N) is 1. The van der Waals surface area contributed by atoms with Gasteiger partial charge in [0, 0.05) is 23.3 Å². The van der Waals surface area contributed by atoms with Crippen LogP contribution in [0.25, 0.3) is 0 Å². The van der Waals surface area contributed by atoms with Gasteiger partial charge in [-0.3, -0.25) is 10.1 Å². The second kappa shape index (κ2) is 5.69. The smallest absolute Gasteiger partial charge is 0.270 e. The van der Waals surface area contributed by atoms with Gasteiger partial charge in [-0.15, -0.1) is 0 Å². The third-order valence-electron chi connectivity index (χ3n) is 2.48. The van der Waals surface area contributed by atoms with E-state index in [0.717, 1.165) is 11.3 Å². The van der Waals surface area contributed by atoms with Crippen molar-refractivity contribution in [1.82, 2.24) is 0 Å². The second-order valence-electron chi connectivity index (χ2n) is 3.79. The van der Waals surface area contributed by atoms with Crippen molar-refractivity contribution in [3.05, 3.63) is 69.8 Å². The molecule has 0 aromatic heterocycles. The molecule has 0 aliphatic heterocycles. The van der Waals surface area contributed by atoms with Gasteiger partial charge in [0.05, 0.1) is 12.0 Å². The number of nitro groups is 1. The first kappa shape index (κ1) is 12.7. The van der Waals surface area contributed by atoms with Crippen LogP contribution in [0, 0.1) is 22.0 Å². The Labute approximate surface area is 110 Å². The molecular weight excluding hydrogens is 242 g/mol. The van der Waals surface area contributed by atoms with E-state index in [0.29, 0.717) is 5.56 Å². The molecule has 2 rings (SSSR count). The van der Waals surface area contributed by atoms with Crippen LogP contribution in [0.1, 0.15) is 11.1 Å². The Morgan fingerprint density at radius 1 is 1.05 bits per heavy atom. The van der Waals surface area contributed by atoms with E-state index in [1.807, 2.05) is 24.3 Å². The fraction of sp³-hybridized carbons (Fsp3) is 0.0667. The van der Waals surface area contributed by atoms with Crippen molar-refractivity contribution in [3.8, 4) is 17.6 Å². The van der Waals surface area contributed by atoms with Gasteiger partial charge in [0.2, 0.25) is 0 Å². The number of ether oxygens (including phenoxy) is 1. The number of hydrogen-bond donors (Lipinski definition) is 0. The van der Waals surface area contributed by atoms with Crippen molar-refractivity contribution in [2.75, 3.05) is 7.11 Å². The van der Waals surface area contributed by atoms with Crippen LogP contribution in [0.4, 0.5) is 5.69 Å². The minimum absolute atomic E-state index is 0.0393. The minimum atomic E-state index is -0.434. The Morgan fingerprint density at radius 2 is 1.68 bits per heavy atom. The average molecular weight is 253 g/mol. The second-order valence-corrected chi connectivity index (χ2v) is 3.79. The van der Waals surface area contributed by atoms with Crippen LogP contribution in [0.3, 0.4) is 0 Å². The Hall–Kier alpha value is -2.80. The quantitative estimate of drug-likeness (QED) is 0.469. The standard InChI is InChI=1S/C15H11NO3/c1-19-15-7-3-5-13(11-15)9-8-12-4-2-6-14(10-12)16(17)18/h2-7,10-11H,1H3. The van der Waals surface area contributed by atoms with Crippen molar-refractivity contribution in [3.63, 3.8) is 0 Å². The summed E-state index contributed by atoms with van der Waals surface area (Å²) < 4.78 is 5.10. The Morgan fingerprint density at radius 3 is 2.32 bits per heavy atom. The molecule has 0 aliphatic rings. The molecule has 4 nitrogen and oxygen atoms in total. The zero-order valence-corrected chi connectivity index (χ0v) is 10.3. The summed E-state index contributed by atoms with van der Waals surface area (Å²) in [5.74, 6) is 6.57. The van der Waals surface area contributed by atoms with E-state index in [1.54, 1.807) is 19.2 Å². The normalized spacial score (nSPS) is 9.32. The van der Waals surface area contributed by atoms with Crippen molar-refractivity contribution in [1.29, 1.82) is 0 Å². The first-order valence-electron chi connectivity index (χ1n) is 5.59. The van der Waals surface area contributed by atoms with Gasteiger partial charge in [0.25, 0.3) is 5.69 Å². The van der Waals surface area contributed by atoms with Gasteiger partial charge in [-0.25, -0.2) is 0 Å². The highest BCUT2D eigenvalue weighted by atomic mass is 16.6. The zero-order valence-electron chi connectivity index (χ0n) is 10.3. The highest BCUT2D eigenvalue weighted by Crippen LogP contribution is 2.13. The molecule has 0 radical (unpaired) electrons. The third-order valence-corrected chi connectivity index (χ3v) is 2.48. The summed E-state index contributed by atoms with van der Waals surface area (Å²) >= 11 is 0. The van der Waals surface area contributed by atoms with E-state index in [1.165, 1.54) is 12.1 Å². The van der Waals surface area contributed by atoms with Crippen LogP contribution in [-0.4, -0.2) is 12.0 Å². The van der Waals surface area contributed by atoms with Gasteiger partial charge in [0.15, 0.2) is 0 Å². The largest absolute Gasteiger partial charge is 0.497 e. The van der Waals surface area contributed by atoms with E-state index < -0.39 is 4.92 Å². The van der Waals surface area contributed by atoms with Crippen LogP contribution in [0.5, 0.6) is 5.75 Å². The summed E-state index contributed by atoms with van der Waals surface area (Å²) in [6.45, 7) is 0. The number of methoxy groups -OCH3 is 1.